The van der Waals surface area contributed by atoms with E-state index in [1.54, 1.807) is 6.26 Å². The molecule has 2 heterocycles. The normalized spacial score (nSPS) is 11.0. The quantitative estimate of drug-likeness (QED) is 0.694. The van der Waals surface area contributed by atoms with Gasteiger partial charge in [-0.05, 0) is 70.2 Å². The molecular weight excluding hydrogens is 328 g/mol. The topological polar surface area (TPSA) is 56.4 Å². The van der Waals surface area contributed by atoms with Crippen LogP contribution < -0.4 is 10.1 Å². The molecule has 0 radical (unpaired) electrons. The molecule has 5 heteroatoms. The van der Waals surface area contributed by atoms with Gasteiger partial charge in [-0.25, -0.2) is 0 Å². The van der Waals surface area contributed by atoms with Crippen molar-refractivity contribution in [3.05, 3.63) is 71.4 Å². The summed E-state index contributed by atoms with van der Waals surface area (Å²) in [5, 5.41) is 2.95. The fourth-order valence-electron chi connectivity index (χ4n) is 2.92. The van der Waals surface area contributed by atoms with Crippen molar-refractivity contribution in [2.45, 2.75) is 40.3 Å². The summed E-state index contributed by atoms with van der Waals surface area (Å²) < 4.78 is 13.1. The number of hydrogen-bond acceptors (Lipinski definition) is 3. The fourth-order valence-corrected chi connectivity index (χ4v) is 2.92. The lowest BCUT2D eigenvalue weighted by Gasteiger charge is -2.11. The van der Waals surface area contributed by atoms with Crippen LogP contribution in [0.5, 0.6) is 5.75 Å². The Kier molecular flexibility index (Phi) is 5.16. The monoisotopic (exact) mass is 352 g/mol. The molecule has 0 bridgehead atoms. The standard InChI is InChI=1S/C21H24N2O3/c1-14(2)26-18-9-7-17(8-10-18)22-21(24)20-12-15(3)23(16(20)4)13-19-6-5-11-25-19/h5-12,14H,13H2,1-4H3,(H,22,24). The fraction of sp³-hybridized carbons (Fsp3) is 0.286. The second-order valence-corrected chi connectivity index (χ2v) is 6.60. The number of nitrogens with zero attached hydrogens (tertiary/aromatic N) is 1. The maximum Gasteiger partial charge on any atom is 0.257 e. The molecule has 1 aromatic carbocycles. The minimum absolute atomic E-state index is 0.120. The predicted octanol–water partition coefficient (Wildman–Crippen LogP) is 4.79. The van der Waals surface area contributed by atoms with Gasteiger partial charge in [-0.2, -0.15) is 0 Å². The van der Waals surface area contributed by atoms with Crippen molar-refractivity contribution in [1.29, 1.82) is 0 Å². The van der Waals surface area contributed by atoms with Crippen molar-refractivity contribution in [3.8, 4) is 5.75 Å². The van der Waals surface area contributed by atoms with Crippen LogP contribution in [-0.2, 0) is 6.54 Å². The molecule has 1 amide bonds. The molecule has 0 unspecified atom stereocenters. The van der Waals surface area contributed by atoms with Gasteiger partial charge in [-0.1, -0.05) is 0 Å². The molecule has 0 fully saturated rings. The van der Waals surface area contributed by atoms with Crippen LogP contribution in [0.15, 0.2) is 53.1 Å². The van der Waals surface area contributed by atoms with E-state index in [0.29, 0.717) is 12.1 Å². The number of carbonyl (C=O) groups is 1. The van der Waals surface area contributed by atoms with Gasteiger partial charge in [0, 0.05) is 17.1 Å². The summed E-state index contributed by atoms with van der Waals surface area (Å²) in [5.41, 5.74) is 3.33. The number of furan rings is 1. The van der Waals surface area contributed by atoms with Crippen molar-refractivity contribution in [3.63, 3.8) is 0 Å². The highest BCUT2D eigenvalue weighted by atomic mass is 16.5. The zero-order valence-electron chi connectivity index (χ0n) is 15.6. The van der Waals surface area contributed by atoms with Gasteiger partial charge in [0.1, 0.15) is 11.5 Å². The molecule has 2 aromatic heterocycles. The van der Waals surface area contributed by atoms with Crippen LogP contribution in [0.25, 0.3) is 0 Å². The van der Waals surface area contributed by atoms with Crippen LogP contribution in [0.3, 0.4) is 0 Å². The first-order chi connectivity index (χ1) is 12.4. The molecule has 0 aliphatic rings. The molecule has 136 valence electrons. The van der Waals surface area contributed by atoms with Crippen molar-refractivity contribution in [2.24, 2.45) is 0 Å². The Balaban J connectivity index is 1.73. The van der Waals surface area contributed by atoms with Crippen LogP contribution in [-0.4, -0.2) is 16.6 Å². The predicted molar refractivity (Wildman–Crippen MR) is 102 cm³/mol. The molecule has 0 saturated heterocycles. The Morgan fingerprint density at radius 1 is 1.19 bits per heavy atom. The maximum atomic E-state index is 12.7. The summed E-state index contributed by atoms with van der Waals surface area (Å²) in [6.07, 6.45) is 1.78. The number of benzene rings is 1. The lowest BCUT2D eigenvalue weighted by Crippen LogP contribution is -2.13. The summed E-state index contributed by atoms with van der Waals surface area (Å²) in [5.74, 6) is 1.52. The van der Waals surface area contributed by atoms with Crippen LogP contribution in [0, 0.1) is 13.8 Å². The summed E-state index contributed by atoms with van der Waals surface area (Å²) in [4.78, 5) is 12.7. The van der Waals surface area contributed by atoms with Gasteiger partial charge in [-0.3, -0.25) is 4.79 Å². The van der Waals surface area contributed by atoms with Crippen LogP contribution in [0.1, 0.15) is 41.4 Å². The van der Waals surface area contributed by atoms with E-state index in [1.807, 2.05) is 70.2 Å². The zero-order valence-corrected chi connectivity index (χ0v) is 15.6. The second kappa shape index (κ2) is 7.52. The van der Waals surface area contributed by atoms with Gasteiger partial charge in [-0.15, -0.1) is 0 Å². The first-order valence-corrected chi connectivity index (χ1v) is 8.71. The molecule has 0 aliphatic heterocycles. The maximum absolute atomic E-state index is 12.7. The highest BCUT2D eigenvalue weighted by Gasteiger charge is 2.16. The lowest BCUT2D eigenvalue weighted by atomic mass is 10.2. The Labute approximate surface area is 153 Å². The van der Waals surface area contributed by atoms with E-state index in [9.17, 15) is 4.79 Å². The SMILES string of the molecule is Cc1cc(C(=O)Nc2ccc(OC(C)C)cc2)c(C)n1Cc1ccco1. The minimum Gasteiger partial charge on any atom is -0.491 e. The third-order valence-electron chi connectivity index (χ3n) is 4.20. The van der Waals surface area contributed by atoms with E-state index in [1.165, 1.54) is 0 Å². The van der Waals surface area contributed by atoms with Gasteiger partial charge in [0.2, 0.25) is 0 Å². The first-order valence-electron chi connectivity index (χ1n) is 8.71. The van der Waals surface area contributed by atoms with Crippen LogP contribution in [0.4, 0.5) is 5.69 Å². The van der Waals surface area contributed by atoms with Crippen molar-refractivity contribution in [1.82, 2.24) is 4.57 Å². The first kappa shape index (κ1) is 17.9. The van der Waals surface area contributed by atoms with Gasteiger partial charge in [0.05, 0.1) is 24.5 Å². The number of carbonyl (C=O) groups excluding carboxylic acids is 1. The average Bonchev–Trinajstić information content (AvgIpc) is 3.20. The number of aromatic nitrogens is 1. The number of nitrogens with one attached hydrogen (secondary N) is 1. The van der Waals surface area contributed by atoms with Crippen molar-refractivity contribution >= 4 is 11.6 Å². The zero-order chi connectivity index (χ0) is 18.7. The molecule has 5 nitrogen and oxygen atoms in total. The number of rotatable bonds is 6. The van der Waals surface area contributed by atoms with E-state index in [-0.39, 0.29) is 12.0 Å². The minimum atomic E-state index is -0.124. The smallest absolute Gasteiger partial charge is 0.257 e. The summed E-state index contributed by atoms with van der Waals surface area (Å²) in [6, 6.07) is 13.1. The van der Waals surface area contributed by atoms with Crippen molar-refractivity contribution < 1.29 is 13.9 Å². The molecule has 3 aromatic rings. The molecular formula is C21H24N2O3. The van der Waals surface area contributed by atoms with E-state index < -0.39 is 0 Å². The molecule has 0 spiro atoms. The van der Waals surface area contributed by atoms with E-state index in [4.69, 9.17) is 9.15 Å². The number of anilines is 1. The largest absolute Gasteiger partial charge is 0.491 e. The molecule has 1 N–H and O–H groups in total. The van der Waals surface area contributed by atoms with E-state index in [0.717, 1.165) is 28.6 Å². The summed E-state index contributed by atoms with van der Waals surface area (Å²) in [7, 11) is 0. The number of hydrogen-bond donors (Lipinski definition) is 1. The van der Waals surface area contributed by atoms with E-state index in [2.05, 4.69) is 9.88 Å². The van der Waals surface area contributed by atoms with Gasteiger partial charge >= 0.3 is 0 Å². The van der Waals surface area contributed by atoms with Gasteiger partial charge < -0.3 is 19.0 Å². The Morgan fingerprint density at radius 3 is 2.54 bits per heavy atom. The molecule has 3 rings (SSSR count). The molecule has 0 aliphatic carbocycles. The molecule has 26 heavy (non-hydrogen) atoms. The lowest BCUT2D eigenvalue weighted by molar-refractivity contribution is 0.102. The Hall–Kier alpha value is -2.95. The Morgan fingerprint density at radius 2 is 1.92 bits per heavy atom. The van der Waals surface area contributed by atoms with Crippen LogP contribution in [0.2, 0.25) is 0 Å². The van der Waals surface area contributed by atoms with Crippen LogP contribution >= 0.6 is 0 Å². The summed E-state index contributed by atoms with van der Waals surface area (Å²) >= 11 is 0. The van der Waals surface area contributed by atoms with E-state index >= 15 is 0 Å². The third kappa shape index (κ3) is 3.99. The number of aryl methyl sites for hydroxylation is 1. The highest BCUT2D eigenvalue weighted by Crippen LogP contribution is 2.21. The number of amides is 1. The summed E-state index contributed by atoms with van der Waals surface area (Å²) in [6.45, 7) is 8.51. The average molecular weight is 352 g/mol. The number of ether oxygens (including phenoxy) is 1. The van der Waals surface area contributed by atoms with Crippen molar-refractivity contribution in [2.75, 3.05) is 5.32 Å². The molecule has 0 saturated carbocycles. The highest BCUT2D eigenvalue weighted by molar-refractivity contribution is 6.05. The molecule has 0 atom stereocenters. The van der Waals surface area contributed by atoms with Gasteiger partial charge in [0.15, 0.2) is 0 Å². The second-order valence-electron chi connectivity index (χ2n) is 6.60. The third-order valence-corrected chi connectivity index (χ3v) is 4.20. The Bertz CT molecular complexity index is 875. The van der Waals surface area contributed by atoms with Gasteiger partial charge in [0.25, 0.3) is 5.91 Å².